The van der Waals surface area contributed by atoms with Crippen LogP contribution in [0.3, 0.4) is 0 Å². The van der Waals surface area contributed by atoms with Crippen molar-refractivity contribution in [1.82, 2.24) is 0 Å². The van der Waals surface area contributed by atoms with Crippen LogP contribution in [0.25, 0.3) is 0 Å². The van der Waals surface area contributed by atoms with E-state index in [4.69, 9.17) is 4.74 Å². The molecule has 2 aromatic rings. The van der Waals surface area contributed by atoms with Crippen molar-refractivity contribution in [1.29, 1.82) is 0 Å². The molecule has 0 aliphatic rings. The van der Waals surface area contributed by atoms with Crippen molar-refractivity contribution in [2.45, 2.75) is 32.8 Å². The Labute approximate surface area is 154 Å². The molecule has 0 aromatic heterocycles. The molecule has 0 aliphatic carbocycles. The van der Waals surface area contributed by atoms with Crippen LogP contribution in [0.4, 0.5) is 0 Å². The fraction of sp³-hybridized carbons (Fsp3) is 0.478. The van der Waals surface area contributed by atoms with Crippen LogP contribution in [0.1, 0.15) is 43.1 Å². The molecule has 0 N–H and O–H groups in total. The van der Waals surface area contributed by atoms with Crippen LogP contribution in [0.2, 0.25) is 0 Å². The minimum Gasteiger partial charge on any atom is -0.369 e. The summed E-state index contributed by atoms with van der Waals surface area (Å²) < 4.78 is 7.30. The van der Waals surface area contributed by atoms with Crippen LogP contribution in [-0.4, -0.2) is 38.8 Å². The van der Waals surface area contributed by atoms with E-state index < -0.39 is 0 Å². The summed E-state index contributed by atoms with van der Waals surface area (Å²) in [4.78, 5) is 0. The lowest BCUT2D eigenvalue weighted by molar-refractivity contribution is -0.870. The Morgan fingerprint density at radius 2 is 1.44 bits per heavy atom. The lowest BCUT2D eigenvalue weighted by Crippen LogP contribution is -2.35. The van der Waals surface area contributed by atoms with E-state index in [1.54, 1.807) is 0 Å². The summed E-state index contributed by atoms with van der Waals surface area (Å²) in [5, 5.41) is 0. The van der Waals surface area contributed by atoms with Crippen LogP contribution >= 0.6 is 0 Å². The summed E-state index contributed by atoms with van der Waals surface area (Å²) in [5.41, 5.74) is 3.86. The molecule has 0 amide bonds. The maximum atomic E-state index is 6.32. The normalized spacial score (nSPS) is 13.2. The maximum absolute atomic E-state index is 6.32. The smallest absolute Gasteiger partial charge is 0.108 e. The first-order valence-corrected chi connectivity index (χ1v) is 9.41. The van der Waals surface area contributed by atoms with Gasteiger partial charge in [0, 0.05) is 6.42 Å². The zero-order valence-electron chi connectivity index (χ0n) is 16.5. The first kappa shape index (κ1) is 19.7. The zero-order chi connectivity index (χ0) is 18.3. The molecule has 0 spiro atoms. The molecular formula is C23H34NO+. The molecule has 2 rings (SSSR count). The number of ether oxygens (including phenoxy) is 1. The van der Waals surface area contributed by atoms with E-state index in [0.29, 0.717) is 5.92 Å². The maximum Gasteiger partial charge on any atom is 0.108 e. The third kappa shape index (κ3) is 7.01. The van der Waals surface area contributed by atoms with Gasteiger partial charge >= 0.3 is 0 Å². The predicted molar refractivity (Wildman–Crippen MR) is 107 cm³/mol. The molecule has 0 fully saturated rings. The van der Waals surface area contributed by atoms with Crippen molar-refractivity contribution in [3.8, 4) is 0 Å². The van der Waals surface area contributed by atoms with Gasteiger partial charge in [-0.05, 0) is 29.0 Å². The van der Waals surface area contributed by atoms with Gasteiger partial charge in [0.15, 0.2) is 0 Å². The van der Waals surface area contributed by atoms with Crippen LogP contribution < -0.4 is 0 Å². The van der Waals surface area contributed by atoms with Crippen LogP contribution in [0, 0.1) is 5.92 Å². The van der Waals surface area contributed by atoms with E-state index in [1.807, 2.05) is 0 Å². The highest BCUT2D eigenvalue weighted by Gasteiger charge is 2.15. The third-order valence-electron chi connectivity index (χ3n) is 4.29. The summed E-state index contributed by atoms with van der Waals surface area (Å²) in [6.07, 6.45) is 2.21. The van der Waals surface area contributed by atoms with Crippen molar-refractivity contribution in [2.75, 3.05) is 34.3 Å². The molecule has 2 heteroatoms. The lowest BCUT2D eigenvalue weighted by atomic mass is 9.97. The standard InChI is InChI=1S/C23H34NO/c1-19(2)18-20-12-14-22(15-13-20)23(21-10-7-6-8-11-21)25-17-9-16-24(3,4)5/h6-8,10-15,19,23H,9,16-18H2,1-5H3/q+1/t23-/m1/s1. The Bertz CT molecular complexity index is 611. The highest BCUT2D eigenvalue weighted by molar-refractivity contribution is 5.32. The van der Waals surface area contributed by atoms with Crippen LogP contribution in [0.5, 0.6) is 0 Å². The molecule has 136 valence electrons. The van der Waals surface area contributed by atoms with E-state index in [1.165, 1.54) is 16.7 Å². The van der Waals surface area contributed by atoms with Gasteiger partial charge in [-0.25, -0.2) is 0 Å². The van der Waals surface area contributed by atoms with Crippen LogP contribution in [0.15, 0.2) is 54.6 Å². The van der Waals surface area contributed by atoms with Crippen molar-refractivity contribution in [3.05, 3.63) is 71.3 Å². The van der Waals surface area contributed by atoms with Gasteiger partial charge in [-0.1, -0.05) is 68.4 Å². The number of quaternary nitrogens is 1. The molecule has 0 unspecified atom stereocenters. The molecule has 0 aliphatic heterocycles. The van der Waals surface area contributed by atoms with Gasteiger partial charge < -0.3 is 9.22 Å². The summed E-state index contributed by atoms with van der Waals surface area (Å²) in [5.74, 6) is 0.683. The molecule has 2 aromatic carbocycles. The lowest BCUT2D eigenvalue weighted by Gasteiger charge is -2.25. The van der Waals surface area contributed by atoms with E-state index in [9.17, 15) is 0 Å². The van der Waals surface area contributed by atoms with E-state index in [2.05, 4.69) is 89.6 Å². The largest absolute Gasteiger partial charge is 0.369 e. The second-order valence-electron chi connectivity index (χ2n) is 8.37. The van der Waals surface area contributed by atoms with E-state index >= 15 is 0 Å². The Kier molecular flexibility index (Phi) is 7.22. The first-order valence-electron chi connectivity index (χ1n) is 9.41. The van der Waals surface area contributed by atoms with E-state index in [0.717, 1.165) is 30.5 Å². The molecule has 0 saturated carbocycles. The Morgan fingerprint density at radius 3 is 2.00 bits per heavy atom. The molecule has 0 radical (unpaired) electrons. The van der Waals surface area contributed by atoms with Gasteiger partial charge in [0.25, 0.3) is 0 Å². The molecule has 25 heavy (non-hydrogen) atoms. The SMILES string of the molecule is CC(C)Cc1ccc([C@H](OCCC[N+](C)(C)C)c2ccccc2)cc1. The number of rotatable bonds is 9. The molecule has 0 bridgehead atoms. The summed E-state index contributed by atoms with van der Waals surface area (Å²) >= 11 is 0. The Hall–Kier alpha value is -1.64. The van der Waals surface area contributed by atoms with Crippen molar-refractivity contribution in [3.63, 3.8) is 0 Å². The number of hydrogen-bond acceptors (Lipinski definition) is 1. The van der Waals surface area contributed by atoms with Gasteiger partial charge in [-0.3, -0.25) is 0 Å². The van der Waals surface area contributed by atoms with E-state index in [-0.39, 0.29) is 6.10 Å². The monoisotopic (exact) mass is 340 g/mol. The minimum atomic E-state index is 0.0155. The second kappa shape index (κ2) is 9.17. The molecule has 2 nitrogen and oxygen atoms in total. The van der Waals surface area contributed by atoms with Crippen molar-refractivity contribution < 1.29 is 9.22 Å². The van der Waals surface area contributed by atoms with Crippen LogP contribution in [-0.2, 0) is 11.2 Å². The summed E-state index contributed by atoms with van der Waals surface area (Å²) in [7, 11) is 6.67. The summed E-state index contributed by atoms with van der Waals surface area (Å²) in [6.45, 7) is 6.42. The van der Waals surface area contributed by atoms with Crippen molar-refractivity contribution in [2.24, 2.45) is 5.92 Å². The molecule has 0 heterocycles. The predicted octanol–water partition coefficient (Wildman–Crippen LogP) is 5.09. The van der Waals surface area contributed by atoms with Gasteiger partial charge in [-0.2, -0.15) is 0 Å². The average molecular weight is 341 g/mol. The zero-order valence-corrected chi connectivity index (χ0v) is 16.5. The molecule has 0 saturated heterocycles. The quantitative estimate of drug-likeness (QED) is 0.456. The first-order chi connectivity index (χ1) is 11.8. The fourth-order valence-corrected chi connectivity index (χ4v) is 3.05. The van der Waals surface area contributed by atoms with Gasteiger partial charge in [0.05, 0.1) is 34.3 Å². The molecular weight excluding hydrogens is 306 g/mol. The van der Waals surface area contributed by atoms with Crippen molar-refractivity contribution >= 4 is 0 Å². The topological polar surface area (TPSA) is 9.23 Å². The number of nitrogens with zero attached hydrogens (tertiary/aromatic N) is 1. The van der Waals surface area contributed by atoms with Gasteiger partial charge in [-0.15, -0.1) is 0 Å². The number of hydrogen-bond donors (Lipinski definition) is 0. The second-order valence-corrected chi connectivity index (χ2v) is 8.37. The Morgan fingerprint density at radius 1 is 0.840 bits per heavy atom. The minimum absolute atomic E-state index is 0.0155. The summed E-state index contributed by atoms with van der Waals surface area (Å²) in [6, 6.07) is 19.5. The fourth-order valence-electron chi connectivity index (χ4n) is 3.05. The molecule has 1 atom stereocenters. The highest BCUT2D eigenvalue weighted by Crippen LogP contribution is 2.27. The van der Waals surface area contributed by atoms with Gasteiger partial charge in [0.2, 0.25) is 0 Å². The number of benzene rings is 2. The average Bonchev–Trinajstić information content (AvgIpc) is 2.55. The van der Waals surface area contributed by atoms with Gasteiger partial charge in [0.1, 0.15) is 6.10 Å². The Balaban J connectivity index is 2.09. The highest BCUT2D eigenvalue weighted by atomic mass is 16.5. The third-order valence-corrected chi connectivity index (χ3v) is 4.29.